The second-order valence-electron chi connectivity index (χ2n) is 4.63. The summed E-state index contributed by atoms with van der Waals surface area (Å²) in [7, 11) is 0. The molecule has 0 aliphatic heterocycles. The quantitative estimate of drug-likeness (QED) is 0.794. The van der Waals surface area contributed by atoms with Crippen LogP contribution in [0, 0.1) is 5.92 Å². The minimum Gasteiger partial charge on any atom is -0.352 e. The fourth-order valence-corrected chi connectivity index (χ4v) is 1.52. The summed E-state index contributed by atoms with van der Waals surface area (Å²) < 4.78 is 0. The number of nitrogens with one attached hydrogen (secondary N) is 1. The molecule has 0 bridgehead atoms. The molecule has 0 aromatic heterocycles. The Labute approximate surface area is 102 Å². The lowest BCUT2D eigenvalue weighted by Gasteiger charge is -2.06. The molecule has 0 spiro atoms. The van der Waals surface area contributed by atoms with Crippen molar-refractivity contribution in [2.45, 2.75) is 33.7 Å². The molecule has 0 radical (unpaired) electrons. The molecule has 1 amide bonds. The van der Waals surface area contributed by atoms with E-state index in [1.54, 1.807) is 0 Å². The third-order valence-electron chi connectivity index (χ3n) is 2.41. The first-order valence-corrected chi connectivity index (χ1v) is 5.85. The van der Waals surface area contributed by atoms with Gasteiger partial charge in [0, 0.05) is 25.5 Å². The van der Waals surface area contributed by atoms with Gasteiger partial charge < -0.3 is 5.32 Å². The summed E-state index contributed by atoms with van der Waals surface area (Å²) in [6.07, 6.45) is 0.574. The Bertz CT molecular complexity index is 393. The highest BCUT2D eigenvalue weighted by atomic mass is 16.1. The van der Waals surface area contributed by atoms with Gasteiger partial charge in [-0.1, -0.05) is 38.1 Å². The fourth-order valence-electron chi connectivity index (χ4n) is 1.52. The van der Waals surface area contributed by atoms with Gasteiger partial charge in [0.1, 0.15) is 0 Å². The smallest absolute Gasteiger partial charge is 0.217 e. The number of Topliss-reactive ketones (excluding diaryl/α,β-unsaturated/α-hetero) is 1. The molecule has 1 aromatic rings. The third-order valence-corrected chi connectivity index (χ3v) is 2.41. The van der Waals surface area contributed by atoms with Gasteiger partial charge >= 0.3 is 0 Å². The number of hydrogen-bond acceptors (Lipinski definition) is 2. The zero-order valence-electron chi connectivity index (χ0n) is 10.6. The van der Waals surface area contributed by atoms with Crippen LogP contribution in [0.5, 0.6) is 0 Å². The number of benzene rings is 1. The summed E-state index contributed by atoms with van der Waals surface area (Å²) in [6, 6.07) is 7.40. The standard InChI is InChI=1S/C14H19NO2/c1-10(2)8-14(17)13-6-4-12(5-7-13)9-15-11(3)16/h4-7,10H,8-9H2,1-3H3,(H,15,16). The Kier molecular flexibility index (Phi) is 4.88. The first kappa shape index (κ1) is 13.4. The number of ketones is 1. The van der Waals surface area contributed by atoms with Crippen LogP contribution in [0.4, 0.5) is 0 Å². The Morgan fingerprint density at radius 3 is 2.24 bits per heavy atom. The highest BCUT2D eigenvalue weighted by Gasteiger charge is 2.07. The average Bonchev–Trinajstić information content (AvgIpc) is 2.26. The summed E-state index contributed by atoms with van der Waals surface area (Å²) in [5.41, 5.74) is 1.74. The number of amides is 1. The molecule has 0 aliphatic carbocycles. The third kappa shape index (κ3) is 4.81. The maximum absolute atomic E-state index is 11.8. The molecule has 17 heavy (non-hydrogen) atoms. The molecule has 0 fully saturated rings. The van der Waals surface area contributed by atoms with Crippen molar-refractivity contribution in [3.8, 4) is 0 Å². The van der Waals surface area contributed by atoms with E-state index in [0.29, 0.717) is 18.9 Å². The van der Waals surface area contributed by atoms with Gasteiger partial charge in [-0.3, -0.25) is 9.59 Å². The van der Waals surface area contributed by atoms with Crippen LogP contribution in [0.25, 0.3) is 0 Å². The second-order valence-corrected chi connectivity index (χ2v) is 4.63. The Hall–Kier alpha value is -1.64. The van der Waals surface area contributed by atoms with E-state index in [0.717, 1.165) is 11.1 Å². The summed E-state index contributed by atoms with van der Waals surface area (Å²) >= 11 is 0. The minimum absolute atomic E-state index is 0.0510. The van der Waals surface area contributed by atoms with Crippen molar-refractivity contribution in [1.29, 1.82) is 0 Å². The summed E-state index contributed by atoms with van der Waals surface area (Å²) in [6.45, 7) is 6.06. The van der Waals surface area contributed by atoms with Crippen LogP contribution in [0.15, 0.2) is 24.3 Å². The summed E-state index contributed by atoms with van der Waals surface area (Å²) in [5.74, 6) is 0.498. The zero-order chi connectivity index (χ0) is 12.8. The first-order valence-electron chi connectivity index (χ1n) is 5.85. The Morgan fingerprint density at radius 2 is 1.76 bits per heavy atom. The normalized spacial score (nSPS) is 10.4. The molecule has 0 unspecified atom stereocenters. The van der Waals surface area contributed by atoms with Gasteiger partial charge in [-0.25, -0.2) is 0 Å². The SMILES string of the molecule is CC(=O)NCc1ccc(C(=O)CC(C)C)cc1. The Balaban J connectivity index is 2.61. The first-order chi connectivity index (χ1) is 7.99. The van der Waals surface area contributed by atoms with E-state index in [4.69, 9.17) is 0 Å². The van der Waals surface area contributed by atoms with E-state index in [9.17, 15) is 9.59 Å². The molecule has 0 saturated carbocycles. The van der Waals surface area contributed by atoms with Crippen molar-refractivity contribution in [2.24, 2.45) is 5.92 Å². The van der Waals surface area contributed by atoms with E-state index in [2.05, 4.69) is 5.32 Å². The van der Waals surface area contributed by atoms with Crippen molar-refractivity contribution in [3.63, 3.8) is 0 Å². The molecule has 3 nitrogen and oxygen atoms in total. The summed E-state index contributed by atoms with van der Waals surface area (Å²) in [5, 5.41) is 2.72. The molecule has 0 saturated heterocycles. The van der Waals surface area contributed by atoms with E-state index in [1.807, 2.05) is 38.1 Å². The largest absolute Gasteiger partial charge is 0.352 e. The molecule has 1 rings (SSSR count). The molecule has 0 aliphatic rings. The maximum atomic E-state index is 11.8. The molecule has 92 valence electrons. The van der Waals surface area contributed by atoms with Crippen molar-refractivity contribution in [3.05, 3.63) is 35.4 Å². The zero-order valence-corrected chi connectivity index (χ0v) is 10.6. The lowest BCUT2D eigenvalue weighted by molar-refractivity contribution is -0.119. The van der Waals surface area contributed by atoms with Crippen LogP contribution in [0.3, 0.4) is 0 Å². The second kappa shape index (κ2) is 6.18. The molecular formula is C14H19NO2. The van der Waals surface area contributed by atoms with E-state index < -0.39 is 0 Å². The predicted octanol–water partition coefficient (Wildman–Crippen LogP) is 2.55. The maximum Gasteiger partial charge on any atom is 0.217 e. The number of hydrogen-bond donors (Lipinski definition) is 1. The van der Waals surface area contributed by atoms with Gasteiger partial charge in [0.05, 0.1) is 0 Å². The van der Waals surface area contributed by atoms with E-state index >= 15 is 0 Å². The average molecular weight is 233 g/mol. The number of carbonyl (C=O) groups is 2. The van der Waals surface area contributed by atoms with Crippen LogP contribution in [0.2, 0.25) is 0 Å². The van der Waals surface area contributed by atoms with E-state index in [-0.39, 0.29) is 11.7 Å². The molecule has 0 heterocycles. The predicted molar refractivity (Wildman–Crippen MR) is 67.7 cm³/mol. The molecule has 3 heteroatoms. The molecule has 1 N–H and O–H groups in total. The van der Waals surface area contributed by atoms with Crippen LogP contribution in [-0.2, 0) is 11.3 Å². The van der Waals surface area contributed by atoms with E-state index in [1.165, 1.54) is 6.92 Å². The van der Waals surface area contributed by atoms with Crippen LogP contribution in [-0.4, -0.2) is 11.7 Å². The highest BCUT2D eigenvalue weighted by molar-refractivity contribution is 5.96. The van der Waals surface area contributed by atoms with Crippen LogP contribution < -0.4 is 5.32 Å². The van der Waals surface area contributed by atoms with Gasteiger partial charge in [-0.15, -0.1) is 0 Å². The highest BCUT2D eigenvalue weighted by Crippen LogP contribution is 2.10. The summed E-state index contributed by atoms with van der Waals surface area (Å²) in [4.78, 5) is 22.5. The van der Waals surface area contributed by atoms with Gasteiger partial charge in [-0.2, -0.15) is 0 Å². The lowest BCUT2D eigenvalue weighted by atomic mass is 10.0. The monoisotopic (exact) mass is 233 g/mol. The van der Waals surface area contributed by atoms with Gasteiger partial charge in [0.15, 0.2) is 5.78 Å². The minimum atomic E-state index is -0.0510. The van der Waals surface area contributed by atoms with Crippen molar-refractivity contribution >= 4 is 11.7 Å². The fraction of sp³-hybridized carbons (Fsp3) is 0.429. The number of rotatable bonds is 5. The van der Waals surface area contributed by atoms with Crippen molar-refractivity contribution < 1.29 is 9.59 Å². The van der Waals surface area contributed by atoms with Crippen molar-refractivity contribution in [1.82, 2.24) is 5.32 Å². The van der Waals surface area contributed by atoms with Gasteiger partial charge in [0.25, 0.3) is 0 Å². The Morgan fingerprint density at radius 1 is 1.18 bits per heavy atom. The van der Waals surface area contributed by atoms with Gasteiger partial charge in [0.2, 0.25) is 5.91 Å². The lowest BCUT2D eigenvalue weighted by Crippen LogP contribution is -2.18. The van der Waals surface area contributed by atoms with Crippen LogP contribution in [0.1, 0.15) is 43.1 Å². The topological polar surface area (TPSA) is 46.2 Å². The molecular weight excluding hydrogens is 214 g/mol. The molecule has 0 atom stereocenters. The number of carbonyl (C=O) groups excluding carboxylic acids is 2. The van der Waals surface area contributed by atoms with Crippen molar-refractivity contribution in [2.75, 3.05) is 0 Å². The molecule has 1 aromatic carbocycles. The van der Waals surface area contributed by atoms with Crippen LogP contribution >= 0.6 is 0 Å². The van der Waals surface area contributed by atoms with Gasteiger partial charge in [-0.05, 0) is 11.5 Å².